The average Bonchev–Trinajstić information content (AvgIpc) is 2.79. The molecular formula is C16H22N2O. The summed E-state index contributed by atoms with van der Waals surface area (Å²) >= 11 is 0. The SMILES string of the molecule is CCCC1(C)OC(CN)Cc2c1[nH]c1ccccc21. The third-order valence-electron chi connectivity index (χ3n) is 4.19. The van der Waals surface area contributed by atoms with Gasteiger partial charge < -0.3 is 15.5 Å². The average molecular weight is 258 g/mol. The maximum Gasteiger partial charge on any atom is 0.106 e. The molecule has 3 heteroatoms. The van der Waals surface area contributed by atoms with Crippen LogP contribution in [0.1, 0.15) is 37.9 Å². The summed E-state index contributed by atoms with van der Waals surface area (Å²) in [7, 11) is 0. The van der Waals surface area contributed by atoms with Crippen LogP contribution in [0.4, 0.5) is 0 Å². The molecule has 0 spiro atoms. The summed E-state index contributed by atoms with van der Waals surface area (Å²) in [5.41, 5.74) is 9.48. The van der Waals surface area contributed by atoms with Crippen LogP contribution in [0, 0.1) is 0 Å². The molecule has 3 nitrogen and oxygen atoms in total. The second-order valence-corrected chi connectivity index (χ2v) is 5.68. The van der Waals surface area contributed by atoms with Crippen molar-refractivity contribution in [3.8, 4) is 0 Å². The number of fused-ring (bicyclic) bond motifs is 3. The molecule has 1 aromatic carbocycles. The highest BCUT2D eigenvalue weighted by Crippen LogP contribution is 2.41. The summed E-state index contributed by atoms with van der Waals surface area (Å²) in [4.78, 5) is 3.57. The van der Waals surface area contributed by atoms with Crippen molar-refractivity contribution in [3.63, 3.8) is 0 Å². The lowest BCUT2D eigenvalue weighted by molar-refractivity contribution is -0.102. The van der Waals surface area contributed by atoms with E-state index in [-0.39, 0.29) is 11.7 Å². The predicted octanol–water partition coefficient (Wildman–Crippen LogP) is 3.08. The van der Waals surface area contributed by atoms with Gasteiger partial charge in [-0.3, -0.25) is 0 Å². The minimum Gasteiger partial charge on any atom is -0.364 e. The summed E-state index contributed by atoms with van der Waals surface area (Å²) in [6.07, 6.45) is 3.16. The van der Waals surface area contributed by atoms with Crippen molar-refractivity contribution >= 4 is 10.9 Å². The van der Waals surface area contributed by atoms with E-state index in [1.54, 1.807) is 0 Å². The fraction of sp³-hybridized carbons (Fsp3) is 0.500. The zero-order valence-corrected chi connectivity index (χ0v) is 11.7. The van der Waals surface area contributed by atoms with E-state index >= 15 is 0 Å². The number of para-hydroxylation sites is 1. The molecule has 0 saturated heterocycles. The Bertz CT molecular complexity index is 589. The largest absolute Gasteiger partial charge is 0.364 e. The molecule has 0 saturated carbocycles. The number of aromatic nitrogens is 1. The standard InChI is InChI=1S/C16H22N2O/c1-3-8-16(2)15-13(9-11(10-17)19-16)12-6-4-5-7-14(12)18-15/h4-7,11,18H,3,8-10,17H2,1-2H3. The first-order chi connectivity index (χ1) is 9.18. The van der Waals surface area contributed by atoms with Crippen molar-refractivity contribution < 1.29 is 4.74 Å². The van der Waals surface area contributed by atoms with Crippen LogP contribution < -0.4 is 5.73 Å². The number of nitrogens with two attached hydrogens (primary N) is 1. The fourth-order valence-electron chi connectivity index (χ4n) is 3.35. The molecule has 2 heterocycles. The quantitative estimate of drug-likeness (QED) is 0.889. The van der Waals surface area contributed by atoms with Crippen LogP contribution in [0.25, 0.3) is 10.9 Å². The lowest BCUT2D eigenvalue weighted by atomic mass is 9.87. The number of aromatic amines is 1. The molecule has 0 fully saturated rings. The fourth-order valence-corrected chi connectivity index (χ4v) is 3.35. The van der Waals surface area contributed by atoms with E-state index in [2.05, 4.69) is 43.1 Å². The third-order valence-corrected chi connectivity index (χ3v) is 4.19. The number of benzene rings is 1. The lowest BCUT2D eigenvalue weighted by Crippen LogP contribution is -2.41. The molecular weight excluding hydrogens is 236 g/mol. The Balaban J connectivity index is 2.18. The first kappa shape index (κ1) is 12.7. The van der Waals surface area contributed by atoms with Crippen LogP contribution in [0.15, 0.2) is 24.3 Å². The number of rotatable bonds is 3. The predicted molar refractivity (Wildman–Crippen MR) is 78.2 cm³/mol. The van der Waals surface area contributed by atoms with Crippen LogP contribution >= 0.6 is 0 Å². The molecule has 1 aliphatic heterocycles. The molecule has 2 atom stereocenters. The first-order valence-electron chi connectivity index (χ1n) is 7.16. The van der Waals surface area contributed by atoms with E-state index < -0.39 is 0 Å². The highest BCUT2D eigenvalue weighted by Gasteiger charge is 2.38. The van der Waals surface area contributed by atoms with E-state index in [0.29, 0.717) is 6.54 Å². The molecule has 3 rings (SSSR count). The van der Waals surface area contributed by atoms with Crippen molar-refractivity contribution in [1.29, 1.82) is 0 Å². The summed E-state index contributed by atoms with van der Waals surface area (Å²) in [5.74, 6) is 0. The number of nitrogens with one attached hydrogen (secondary N) is 1. The minimum atomic E-state index is -0.231. The van der Waals surface area contributed by atoms with Crippen LogP contribution in [0.5, 0.6) is 0 Å². The zero-order chi connectivity index (χ0) is 13.5. The van der Waals surface area contributed by atoms with E-state index in [1.807, 2.05) is 0 Å². The Morgan fingerprint density at radius 3 is 2.95 bits per heavy atom. The van der Waals surface area contributed by atoms with Gasteiger partial charge in [0.25, 0.3) is 0 Å². The molecule has 3 N–H and O–H groups in total. The molecule has 0 aliphatic carbocycles. The van der Waals surface area contributed by atoms with E-state index in [1.165, 1.54) is 22.2 Å². The second kappa shape index (κ2) is 4.66. The normalized spacial score (nSPS) is 26.6. The zero-order valence-electron chi connectivity index (χ0n) is 11.7. The Morgan fingerprint density at radius 1 is 1.42 bits per heavy atom. The molecule has 1 aromatic heterocycles. The van der Waals surface area contributed by atoms with Gasteiger partial charge >= 0.3 is 0 Å². The number of hydrogen-bond donors (Lipinski definition) is 2. The molecule has 2 unspecified atom stereocenters. The van der Waals surface area contributed by atoms with Gasteiger partial charge in [0.15, 0.2) is 0 Å². The van der Waals surface area contributed by atoms with Gasteiger partial charge in [0.2, 0.25) is 0 Å². The van der Waals surface area contributed by atoms with Gasteiger partial charge in [-0.25, -0.2) is 0 Å². The summed E-state index contributed by atoms with van der Waals surface area (Å²) in [6.45, 7) is 4.97. The van der Waals surface area contributed by atoms with E-state index in [9.17, 15) is 0 Å². The minimum absolute atomic E-state index is 0.128. The molecule has 2 aromatic rings. The maximum atomic E-state index is 6.26. The molecule has 19 heavy (non-hydrogen) atoms. The number of ether oxygens (including phenoxy) is 1. The first-order valence-corrected chi connectivity index (χ1v) is 7.16. The van der Waals surface area contributed by atoms with Crippen LogP contribution in [-0.4, -0.2) is 17.6 Å². The van der Waals surface area contributed by atoms with Gasteiger partial charge in [0, 0.05) is 23.9 Å². The van der Waals surface area contributed by atoms with Crippen molar-refractivity contribution in [2.24, 2.45) is 5.73 Å². The van der Waals surface area contributed by atoms with Crippen molar-refractivity contribution in [2.45, 2.75) is 44.8 Å². The Kier molecular flexibility index (Phi) is 3.11. The van der Waals surface area contributed by atoms with Crippen molar-refractivity contribution in [2.75, 3.05) is 6.54 Å². The van der Waals surface area contributed by atoms with E-state index in [4.69, 9.17) is 10.5 Å². The highest BCUT2D eigenvalue weighted by atomic mass is 16.5. The smallest absolute Gasteiger partial charge is 0.106 e. The molecule has 0 amide bonds. The van der Waals surface area contributed by atoms with Crippen molar-refractivity contribution in [1.82, 2.24) is 4.98 Å². The van der Waals surface area contributed by atoms with Gasteiger partial charge in [-0.15, -0.1) is 0 Å². The molecule has 1 aliphatic rings. The lowest BCUT2D eigenvalue weighted by Gasteiger charge is -2.38. The summed E-state index contributed by atoms with van der Waals surface area (Å²) < 4.78 is 6.26. The third kappa shape index (κ3) is 1.97. The molecule has 0 bridgehead atoms. The second-order valence-electron chi connectivity index (χ2n) is 5.68. The topological polar surface area (TPSA) is 51.0 Å². The van der Waals surface area contributed by atoms with Crippen LogP contribution in [0.3, 0.4) is 0 Å². The van der Waals surface area contributed by atoms with Crippen molar-refractivity contribution in [3.05, 3.63) is 35.5 Å². The Labute approximate surface area is 114 Å². The molecule has 102 valence electrons. The Hall–Kier alpha value is -1.32. The molecule has 0 radical (unpaired) electrons. The van der Waals surface area contributed by atoms with Crippen LogP contribution in [0.2, 0.25) is 0 Å². The van der Waals surface area contributed by atoms with Gasteiger partial charge in [-0.2, -0.15) is 0 Å². The summed E-state index contributed by atoms with van der Waals surface area (Å²) in [5, 5.41) is 1.32. The number of H-pyrrole nitrogens is 1. The summed E-state index contributed by atoms with van der Waals surface area (Å²) in [6, 6.07) is 8.50. The van der Waals surface area contributed by atoms with E-state index in [0.717, 1.165) is 19.3 Å². The van der Waals surface area contributed by atoms with Crippen LogP contribution in [-0.2, 0) is 16.8 Å². The Morgan fingerprint density at radius 2 is 2.21 bits per heavy atom. The van der Waals surface area contributed by atoms with Gasteiger partial charge in [-0.05, 0) is 25.0 Å². The van der Waals surface area contributed by atoms with Gasteiger partial charge in [-0.1, -0.05) is 31.5 Å². The monoisotopic (exact) mass is 258 g/mol. The highest BCUT2D eigenvalue weighted by molar-refractivity contribution is 5.85. The number of hydrogen-bond acceptors (Lipinski definition) is 2. The van der Waals surface area contributed by atoms with Gasteiger partial charge in [0.1, 0.15) is 5.60 Å². The van der Waals surface area contributed by atoms with Gasteiger partial charge in [0.05, 0.1) is 11.8 Å². The maximum absolute atomic E-state index is 6.26.